The Morgan fingerprint density at radius 3 is 2.24 bits per heavy atom. The Morgan fingerprint density at radius 2 is 1.86 bits per heavy atom. The lowest BCUT2D eigenvalue weighted by atomic mass is 9.86. The van der Waals surface area contributed by atoms with Crippen molar-refractivity contribution in [3.05, 3.63) is 11.6 Å². The number of rotatable bonds is 7. The fourth-order valence-corrected chi connectivity index (χ4v) is 1.92. The van der Waals surface area contributed by atoms with Crippen LogP contribution in [0.5, 0.6) is 0 Å². The number of likely N-dealkylation sites (N-methyl/N-ethyl adjacent to an activating group) is 1. The molecule has 0 heterocycles. The third-order valence-corrected chi connectivity index (χ3v) is 3.68. The third-order valence-electron chi connectivity index (χ3n) is 3.68. The van der Waals surface area contributed by atoms with Gasteiger partial charge in [-0.3, -0.25) is 4.79 Å². The van der Waals surface area contributed by atoms with Crippen LogP contribution in [0.3, 0.4) is 0 Å². The number of carboxylic acids is 1. The number of hydrogen-bond acceptors (Lipinski definition) is 3. The zero-order valence-corrected chi connectivity index (χ0v) is 14.1. The number of nitrogens with two attached hydrogens (primary N) is 1. The van der Waals surface area contributed by atoms with Crippen LogP contribution < -0.4 is 5.73 Å². The van der Waals surface area contributed by atoms with E-state index >= 15 is 0 Å². The molecule has 0 bridgehead atoms. The molecule has 0 radical (unpaired) electrons. The smallest absolute Gasteiger partial charge is 0.331 e. The second-order valence-corrected chi connectivity index (χ2v) is 6.66. The molecule has 0 aliphatic rings. The molecule has 122 valence electrons. The van der Waals surface area contributed by atoms with Crippen LogP contribution in [0, 0.1) is 5.41 Å². The van der Waals surface area contributed by atoms with Crippen molar-refractivity contribution in [3.63, 3.8) is 0 Å². The van der Waals surface area contributed by atoms with Gasteiger partial charge in [0.25, 0.3) is 0 Å². The first-order chi connectivity index (χ1) is 9.52. The summed E-state index contributed by atoms with van der Waals surface area (Å²) in [4.78, 5) is 25.0. The summed E-state index contributed by atoms with van der Waals surface area (Å²) >= 11 is 0. The first-order valence-electron chi connectivity index (χ1n) is 7.46. The van der Waals surface area contributed by atoms with Gasteiger partial charge in [0.1, 0.15) is 0 Å². The minimum atomic E-state index is -0.961. The van der Waals surface area contributed by atoms with Crippen molar-refractivity contribution in [2.75, 3.05) is 7.05 Å². The number of nitrogens with zero attached hydrogens (tertiary/aromatic N) is 1. The topological polar surface area (TPSA) is 83.6 Å². The lowest BCUT2D eigenvalue weighted by molar-refractivity contribution is -0.135. The molecule has 0 rings (SSSR count). The fraction of sp³-hybridized carbons (Fsp3) is 0.750. The average Bonchev–Trinajstić information content (AvgIpc) is 2.39. The zero-order chi connectivity index (χ0) is 16.8. The number of carboxylic acid groups (broad SMARTS) is 1. The number of carbonyl (C=O) groups is 2. The van der Waals surface area contributed by atoms with Gasteiger partial charge >= 0.3 is 5.97 Å². The van der Waals surface area contributed by atoms with Crippen molar-refractivity contribution in [3.8, 4) is 0 Å². The van der Waals surface area contributed by atoms with Gasteiger partial charge in [-0.15, -0.1) is 0 Å². The van der Waals surface area contributed by atoms with Gasteiger partial charge in [-0.25, -0.2) is 4.79 Å². The van der Waals surface area contributed by atoms with Crippen LogP contribution in [-0.4, -0.2) is 41.0 Å². The van der Waals surface area contributed by atoms with E-state index < -0.39 is 12.0 Å². The van der Waals surface area contributed by atoms with E-state index in [4.69, 9.17) is 10.8 Å². The van der Waals surface area contributed by atoms with Crippen molar-refractivity contribution in [2.45, 2.75) is 66.0 Å². The maximum Gasteiger partial charge on any atom is 0.331 e. The maximum atomic E-state index is 12.5. The summed E-state index contributed by atoms with van der Waals surface area (Å²) in [6.45, 7) is 9.37. The van der Waals surface area contributed by atoms with Crippen LogP contribution in [-0.2, 0) is 9.59 Å². The lowest BCUT2D eigenvalue weighted by Crippen LogP contribution is -2.51. The second kappa shape index (κ2) is 8.17. The van der Waals surface area contributed by atoms with Gasteiger partial charge in [-0.2, -0.15) is 0 Å². The molecular weight excluding hydrogens is 268 g/mol. The second-order valence-electron chi connectivity index (χ2n) is 6.66. The maximum absolute atomic E-state index is 12.5. The van der Waals surface area contributed by atoms with Crippen LogP contribution in [0.15, 0.2) is 11.6 Å². The molecule has 0 aromatic rings. The summed E-state index contributed by atoms with van der Waals surface area (Å²) in [5, 5.41) is 9.02. The van der Waals surface area contributed by atoms with E-state index in [9.17, 15) is 9.59 Å². The molecule has 0 unspecified atom stereocenters. The standard InChI is InChI=1S/C16H30N2O3/c1-7-8-9-12(10-11(2)15(20)21)18(6)14(19)13(17)16(3,4)5/h10,12-13H,7-9,17H2,1-6H3,(H,20,21)/t12-,13+/m0/s1. The van der Waals surface area contributed by atoms with Gasteiger partial charge in [-0.05, 0) is 18.8 Å². The van der Waals surface area contributed by atoms with Crippen molar-refractivity contribution in [1.29, 1.82) is 0 Å². The molecular formula is C16H30N2O3. The Bertz CT molecular complexity index is 397. The highest BCUT2D eigenvalue weighted by Crippen LogP contribution is 2.21. The molecule has 5 nitrogen and oxygen atoms in total. The van der Waals surface area contributed by atoms with Crippen LogP contribution in [0.4, 0.5) is 0 Å². The van der Waals surface area contributed by atoms with Gasteiger partial charge in [0.15, 0.2) is 0 Å². The van der Waals surface area contributed by atoms with Gasteiger partial charge in [0, 0.05) is 12.6 Å². The molecule has 21 heavy (non-hydrogen) atoms. The molecule has 2 atom stereocenters. The number of carbonyl (C=O) groups excluding carboxylic acids is 1. The van der Waals surface area contributed by atoms with E-state index in [-0.39, 0.29) is 22.9 Å². The largest absolute Gasteiger partial charge is 0.478 e. The molecule has 3 N–H and O–H groups in total. The van der Waals surface area contributed by atoms with Crippen LogP contribution in [0.25, 0.3) is 0 Å². The highest BCUT2D eigenvalue weighted by molar-refractivity contribution is 5.86. The molecule has 0 aromatic carbocycles. The summed E-state index contributed by atoms with van der Waals surface area (Å²) < 4.78 is 0. The first-order valence-corrected chi connectivity index (χ1v) is 7.46. The Hall–Kier alpha value is -1.36. The van der Waals surface area contributed by atoms with Gasteiger partial charge in [0.2, 0.25) is 5.91 Å². The van der Waals surface area contributed by atoms with Crippen molar-refractivity contribution < 1.29 is 14.7 Å². The van der Waals surface area contributed by atoms with E-state index in [2.05, 4.69) is 6.92 Å². The molecule has 0 saturated heterocycles. The normalized spacial score (nSPS) is 15.5. The summed E-state index contributed by atoms with van der Waals surface area (Å²) in [6.07, 6.45) is 4.30. The zero-order valence-electron chi connectivity index (χ0n) is 14.1. The quantitative estimate of drug-likeness (QED) is 0.707. The highest BCUT2D eigenvalue weighted by atomic mass is 16.4. The molecule has 0 aromatic heterocycles. The summed E-state index contributed by atoms with van der Waals surface area (Å²) in [7, 11) is 1.69. The summed E-state index contributed by atoms with van der Waals surface area (Å²) in [5.74, 6) is -1.12. The Kier molecular flexibility index (Phi) is 7.64. The fourth-order valence-electron chi connectivity index (χ4n) is 1.92. The predicted octanol–water partition coefficient (Wildman–Crippen LogP) is 2.41. The number of aliphatic carboxylic acids is 1. The van der Waals surface area contributed by atoms with E-state index in [0.717, 1.165) is 19.3 Å². The van der Waals surface area contributed by atoms with E-state index in [0.29, 0.717) is 0 Å². The third kappa shape index (κ3) is 6.29. The molecule has 0 fully saturated rings. The minimum Gasteiger partial charge on any atom is -0.478 e. The number of unbranched alkanes of at least 4 members (excludes halogenated alkanes) is 1. The number of amides is 1. The molecule has 5 heteroatoms. The Labute approximate surface area is 128 Å². The van der Waals surface area contributed by atoms with Gasteiger partial charge in [0.05, 0.1) is 12.1 Å². The lowest BCUT2D eigenvalue weighted by Gasteiger charge is -2.33. The minimum absolute atomic E-state index is 0.155. The molecule has 0 aliphatic carbocycles. The SMILES string of the molecule is CCCC[C@@H](C=C(C)C(=O)O)N(C)C(=O)[C@@H](N)C(C)(C)C. The summed E-state index contributed by atoms with van der Waals surface area (Å²) in [5.41, 5.74) is 5.95. The van der Waals surface area contributed by atoms with Crippen LogP contribution >= 0.6 is 0 Å². The molecule has 0 spiro atoms. The van der Waals surface area contributed by atoms with Crippen molar-refractivity contribution >= 4 is 11.9 Å². The Balaban J connectivity index is 5.20. The van der Waals surface area contributed by atoms with Gasteiger partial charge < -0.3 is 15.7 Å². The average molecular weight is 298 g/mol. The molecule has 0 aliphatic heterocycles. The van der Waals surface area contributed by atoms with E-state index in [1.54, 1.807) is 24.9 Å². The predicted molar refractivity (Wildman–Crippen MR) is 84.9 cm³/mol. The van der Waals surface area contributed by atoms with E-state index in [1.165, 1.54) is 0 Å². The van der Waals surface area contributed by atoms with Crippen molar-refractivity contribution in [2.24, 2.45) is 11.1 Å². The molecule has 1 amide bonds. The van der Waals surface area contributed by atoms with Crippen LogP contribution in [0.2, 0.25) is 0 Å². The monoisotopic (exact) mass is 298 g/mol. The number of hydrogen-bond donors (Lipinski definition) is 2. The highest BCUT2D eigenvalue weighted by Gasteiger charge is 2.31. The first kappa shape index (κ1) is 19.6. The molecule has 0 saturated carbocycles. The van der Waals surface area contributed by atoms with E-state index in [1.807, 2.05) is 20.8 Å². The van der Waals surface area contributed by atoms with Crippen LogP contribution in [0.1, 0.15) is 53.9 Å². The summed E-state index contributed by atoms with van der Waals surface area (Å²) in [6, 6.07) is -0.841. The van der Waals surface area contributed by atoms with Crippen molar-refractivity contribution in [1.82, 2.24) is 4.90 Å². The Morgan fingerprint density at radius 1 is 1.33 bits per heavy atom. The van der Waals surface area contributed by atoms with Gasteiger partial charge in [-0.1, -0.05) is 46.6 Å².